The van der Waals surface area contributed by atoms with Gasteiger partial charge in [0.1, 0.15) is 5.75 Å². The van der Waals surface area contributed by atoms with Crippen molar-refractivity contribution in [3.05, 3.63) is 70.1 Å². The van der Waals surface area contributed by atoms with Gasteiger partial charge in [0.25, 0.3) is 17.4 Å². The number of carbonyl (C=O) groups excluding carboxylic acids is 2. The van der Waals surface area contributed by atoms with E-state index in [9.17, 15) is 23.2 Å². The summed E-state index contributed by atoms with van der Waals surface area (Å²) >= 11 is 0. The van der Waals surface area contributed by atoms with E-state index in [4.69, 9.17) is 0 Å². The lowest BCUT2D eigenvalue weighted by molar-refractivity contribution is -0.0498. The summed E-state index contributed by atoms with van der Waals surface area (Å²) in [6.07, 6.45) is 0. The van der Waals surface area contributed by atoms with E-state index >= 15 is 0 Å². The summed E-state index contributed by atoms with van der Waals surface area (Å²) in [6, 6.07) is 11.6. The van der Waals surface area contributed by atoms with Gasteiger partial charge < -0.3 is 4.74 Å². The normalized spacial score (nSPS) is 10.8. The van der Waals surface area contributed by atoms with Crippen LogP contribution in [0.4, 0.5) is 8.78 Å². The van der Waals surface area contributed by atoms with Crippen LogP contribution in [0.2, 0.25) is 0 Å². The molecule has 1 heterocycles. The molecule has 0 atom stereocenters. The quantitative estimate of drug-likeness (QED) is 0.637. The minimum absolute atomic E-state index is 0.000189. The molecule has 0 aliphatic rings. The molecule has 0 saturated heterocycles. The number of ether oxygens (including phenoxy) is 1. The summed E-state index contributed by atoms with van der Waals surface area (Å²) in [7, 11) is 0. The van der Waals surface area contributed by atoms with Crippen molar-refractivity contribution in [2.75, 3.05) is 0 Å². The van der Waals surface area contributed by atoms with Crippen molar-refractivity contribution in [1.29, 1.82) is 0 Å². The van der Waals surface area contributed by atoms with Gasteiger partial charge in [-0.3, -0.25) is 25.2 Å². The number of aryl methyl sites for hydroxylation is 1. The molecule has 0 aliphatic heterocycles. The number of rotatable bonds is 5. The third-order valence-electron chi connectivity index (χ3n) is 3.99. The van der Waals surface area contributed by atoms with Crippen LogP contribution in [0.1, 0.15) is 27.8 Å². The first-order chi connectivity index (χ1) is 13.9. The first kappa shape index (κ1) is 19.9. The highest BCUT2D eigenvalue weighted by molar-refractivity contribution is 6.06. The number of hydrogen-bond acceptors (Lipinski definition) is 5. The van der Waals surface area contributed by atoms with Crippen molar-refractivity contribution >= 4 is 22.6 Å². The van der Waals surface area contributed by atoms with Gasteiger partial charge >= 0.3 is 6.61 Å². The van der Waals surface area contributed by atoms with Crippen molar-refractivity contribution in [2.24, 2.45) is 0 Å². The Bertz CT molecular complexity index is 1130. The van der Waals surface area contributed by atoms with Gasteiger partial charge in [0.05, 0.1) is 5.39 Å². The highest BCUT2D eigenvalue weighted by Gasteiger charge is 2.17. The third-order valence-corrected chi connectivity index (χ3v) is 3.99. The first-order valence-electron chi connectivity index (χ1n) is 8.56. The van der Waals surface area contributed by atoms with Crippen LogP contribution in [0.5, 0.6) is 5.75 Å². The maximum Gasteiger partial charge on any atom is 0.387 e. The maximum atomic E-state index is 12.6. The van der Waals surface area contributed by atoms with E-state index in [2.05, 4.69) is 20.7 Å². The predicted molar refractivity (Wildman–Crippen MR) is 99.7 cm³/mol. The lowest BCUT2D eigenvalue weighted by atomic mass is 10.1. The third kappa shape index (κ3) is 4.37. The van der Waals surface area contributed by atoms with Crippen LogP contribution >= 0.6 is 0 Å². The summed E-state index contributed by atoms with van der Waals surface area (Å²) in [5.74, 6) is -1.68. The van der Waals surface area contributed by atoms with Crippen molar-refractivity contribution in [1.82, 2.24) is 20.6 Å². The number of carbonyl (C=O) groups is 2. The summed E-state index contributed by atoms with van der Waals surface area (Å²) in [6.45, 7) is -1.06. The van der Waals surface area contributed by atoms with Crippen molar-refractivity contribution in [3.8, 4) is 5.75 Å². The molecule has 0 spiro atoms. The number of amides is 2. The van der Waals surface area contributed by atoms with Gasteiger partial charge in [0.2, 0.25) is 0 Å². The van der Waals surface area contributed by atoms with Gasteiger partial charge in [-0.05, 0) is 31.2 Å². The lowest BCUT2D eigenvalue weighted by Gasteiger charge is -2.11. The average molecular weight is 402 g/mol. The minimum atomic E-state index is -3.03. The van der Waals surface area contributed by atoms with Crippen LogP contribution in [0.15, 0.2) is 53.3 Å². The molecule has 0 saturated carbocycles. The van der Waals surface area contributed by atoms with E-state index in [-0.39, 0.29) is 29.1 Å². The molecule has 0 fully saturated rings. The van der Waals surface area contributed by atoms with E-state index in [1.807, 2.05) is 0 Å². The Balaban J connectivity index is 1.80. The largest absolute Gasteiger partial charge is 0.435 e. The zero-order chi connectivity index (χ0) is 21.0. The van der Waals surface area contributed by atoms with Gasteiger partial charge in [0.15, 0.2) is 5.69 Å². The predicted octanol–water partition coefficient (Wildman–Crippen LogP) is 2.09. The zero-order valence-electron chi connectivity index (χ0n) is 15.2. The molecule has 10 heteroatoms. The molecule has 3 aromatic rings. The summed E-state index contributed by atoms with van der Waals surface area (Å²) in [5, 5.41) is 4.71. The number of hydrogen-bond donors (Lipinski definition) is 2. The monoisotopic (exact) mass is 402 g/mol. The van der Waals surface area contributed by atoms with Crippen LogP contribution in [0.3, 0.4) is 0 Å². The number of benzene rings is 2. The highest BCUT2D eigenvalue weighted by Crippen LogP contribution is 2.16. The molecule has 0 unspecified atom stereocenters. The number of aromatic nitrogens is 2. The minimum Gasteiger partial charge on any atom is -0.435 e. The number of nitrogens with zero attached hydrogens (tertiary/aromatic N) is 2. The van der Waals surface area contributed by atoms with Crippen LogP contribution in [0.25, 0.3) is 10.8 Å². The second-order valence-corrected chi connectivity index (χ2v) is 5.83. The number of alkyl halides is 2. The maximum absolute atomic E-state index is 12.6. The first-order valence-corrected chi connectivity index (χ1v) is 8.56. The van der Waals surface area contributed by atoms with Gasteiger partial charge in [-0.2, -0.15) is 13.9 Å². The van der Waals surface area contributed by atoms with Crippen LogP contribution in [-0.2, 0) is 6.54 Å². The molecular weight excluding hydrogens is 386 g/mol. The molecule has 0 aliphatic carbocycles. The molecule has 1 aromatic heterocycles. The Morgan fingerprint density at radius 2 is 1.76 bits per heavy atom. The van der Waals surface area contributed by atoms with Gasteiger partial charge in [-0.15, -0.1) is 0 Å². The van der Waals surface area contributed by atoms with Gasteiger partial charge in [-0.25, -0.2) is 4.68 Å². The fraction of sp³-hybridized carbons (Fsp3) is 0.158. The van der Waals surface area contributed by atoms with Gasteiger partial charge in [0, 0.05) is 17.5 Å². The molecule has 2 N–H and O–H groups in total. The second kappa shape index (κ2) is 8.46. The number of halogens is 2. The van der Waals surface area contributed by atoms with Crippen LogP contribution in [-0.4, -0.2) is 28.2 Å². The van der Waals surface area contributed by atoms with E-state index in [0.29, 0.717) is 10.8 Å². The van der Waals surface area contributed by atoms with Crippen molar-refractivity contribution in [3.63, 3.8) is 0 Å². The van der Waals surface area contributed by atoms with Gasteiger partial charge in [-0.1, -0.05) is 24.3 Å². The molecule has 0 radical (unpaired) electrons. The number of nitrogens with one attached hydrogen (secondary N) is 2. The molecule has 150 valence electrons. The van der Waals surface area contributed by atoms with E-state index < -0.39 is 18.4 Å². The lowest BCUT2D eigenvalue weighted by Crippen LogP contribution is -2.42. The Labute approximate surface area is 163 Å². The standard InChI is InChI=1S/C19H16F2N4O4/c1-2-25-18(28)14-9-4-3-8-13(14)15(24-25)17(27)23-22-16(26)11-6-5-7-12(10-11)29-19(20)21/h3-10,19H,2H2,1H3,(H,22,26)(H,23,27). The Hall–Kier alpha value is -3.82. The van der Waals surface area contributed by atoms with Crippen molar-refractivity contribution in [2.45, 2.75) is 20.1 Å². The van der Waals surface area contributed by atoms with Crippen LogP contribution < -0.4 is 21.1 Å². The average Bonchev–Trinajstić information content (AvgIpc) is 2.72. The summed E-state index contributed by atoms with van der Waals surface area (Å²) in [4.78, 5) is 37.1. The fourth-order valence-electron chi connectivity index (χ4n) is 2.68. The topological polar surface area (TPSA) is 102 Å². The molecule has 3 rings (SSSR count). The molecule has 0 bridgehead atoms. The SMILES string of the molecule is CCn1nc(C(=O)NNC(=O)c2cccc(OC(F)F)c2)c2ccccc2c1=O. The highest BCUT2D eigenvalue weighted by atomic mass is 19.3. The van der Waals surface area contributed by atoms with E-state index in [0.717, 1.165) is 10.7 Å². The molecule has 2 amide bonds. The smallest absolute Gasteiger partial charge is 0.387 e. The summed E-state index contributed by atoms with van der Waals surface area (Å²) < 4.78 is 30.0. The summed E-state index contributed by atoms with van der Waals surface area (Å²) in [5.41, 5.74) is 4.02. The molecule has 2 aromatic carbocycles. The fourth-order valence-corrected chi connectivity index (χ4v) is 2.68. The molecular formula is C19H16F2N4O4. The Kier molecular flexibility index (Phi) is 5.82. The van der Waals surface area contributed by atoms with E-state index in [1.54, 1.807) is 31.2 Å². The molecule has 29 heavy (non-hydrogen) atoms. The zero-order valence-corrected chi connectivity index (χ0v) is 15.2. The Morgan fingerprint density at radius 3 is 2.45 bits per heavy atom. The van der Waals surface area contributed by atoms with E-state index in [1.165, 1.54) is 18.2 Å². The molecule has 8 nitrogen and oxygen atoms in total. The van der Waals surface area contributed by atoms with Crippen LogP contribution in [0, 0.1) is 0 Å². The Morgan fingerprint density at radius 1 is 1.07 bits per heavy atom. The number of hydrazine groups is 1. The van der Waals surface area contributed by atoms with Crippen molar-refractivity contribution < 1.29 is 23.1 Å². The number of fused-ring (bicyclic) bond motifs is 1. The second-order valence-electron chi connectivity index (χ2n) is 5.83.